The predicted molar refractivity (Wildman–Crippen MR) is 111 cm³/mol. The number of fused-ring (bicyclic) bond motifs is 2. The van der Waals surface area contributed by atoms with Gasteiger partial charge in [-0.15, -0.1) is 0 Å². The van der Waals surface area contributed by atoms with Crippen LogP contribution in [0.5, 0.6) is 0 Å². The number of rotatable bonds is 4. The minimum Gasteiger partial charge on any atom is -0.361 e. The highest BCUT2D eigenvalue weighted by Gasteiger charge is 2.36. The molecule has 1 aliphatic rings. The number of halogens is 1. The molecule has 3 aromatic rings. The number of aromatic nitrogens is 1. The van der Waals surface area contributed by atoms with Crippen LogP contribution in [0.25, 0.3) is 10.9 Å². The van der Waals surface area contributed by atoms with E-state index in [0.29, 0.717) is 17.0 Å². The highest BCUT2D eigenvalue weighted by Crippen LogP contribution is 2.34. The number of aromatic amines is 1. The van der Waals surface area contributed by atoms with Gasteiger partial charge in [0.15, 0.2) is 0 Å². The van der Waals surface area contributed by atoms with Gasteiger partial charge in [-0.25, -0.2) is 0 Å². The summed E-state index contributed by atoms with van der Waals surface area (Å²) in [6.07, 6.45) is 2.39. The number of para-hydroxylation sites is 1. The Balaban J connectivity index is 1.36. The van der Waals surface area contributed by atoms with Crippen LogP contribution in [0.2, 0.25) is 5.02 Å². The van der Waals surface area contributed by atoms with Crippen molar-refractivity contribution in [2.45, 2.75) is 12.5 Å². The molecule has 3 amide bonds. The number of amides is 3. The first kappa shape index (κ1) is 19.0. The fourth-order valence-corrected chi connectivity index (χ4v) is 3.74. The molecule has 0 bridgehead atoms. The third-order valence-corrected chi connectivity index (χ3v) is 5.31. The molecule has 0 spiro atoms. The van der Waals surface area contributed by atoms with E-state index in [4.69, 9.17) is 11.6 Å². The lowest BCUT2D eigenvalue weighted by Crippen LogP contribution is -2.44. The van der Waals surface area contributed by atoms with Crippen LogP contribution in [-0.4, -0.2) is 36.3 Å². The molecule has 0 radical (unpaired) electrons. The lowest BCUT2D eigenvalue weighted by molar-refractivity contribution is -0.140. The molecule has 4 rings (SSSR count). The molecular formula is C21H19ClN4O3. The van der Waals surface area contributed by atoms with Crippen LogP contribution in [0, 0.1) is 0 Å². The van der Waals surface area contributed by atoms with Crippen molar-refractivity contribution in [2.75, 3.05) is 18.5 Å². The molecule has 8 heteroatoms. The number of H-pyrrole nitrogens is 1. The van der Waals surface area contributed by atoms with Gasteiger partial charge in [0.1, 0.15) is 6.04 Å². The lowest BCUT2D eigenvalue weighted by Gasteiger charge is -2.13. The zero-order valence-corrected chi connectivity index (χ0v) is 16.4. The van der Waals surface area contributed by atoms with E-state index in [9.17, 15) is 14.4 Å². The Morgan fingerprint density at radius 1 is 1.17 bits per heavy atom. The van der Waals surface area contributed by atoms with E-state index in [1.165, 1.54) is 4.90 Å². The number of nitrogens with one attached hydrogen (secondary N) is 3. The molecule has 7 nitrogen and oxygen atoms in total. The number of nitrogens with zero attached hydrogens (tertiary/aromatic N) is 1. The molecule has 29 heavy (non-hydrogen) atoms. The molecule has 0 saturated carbocycles. The summed E-state index contributed by atoms with van der Waals surface area (Å²) in [5.74, 6) is -1.89. The Labute approximate surface area is 172 Å². The van der Waals surface area contributed by atoms with Crippen molar-refractivity contribution in [3.8, 4) is 0 Å². The van der Waals surface area contributed by atoms with Crippen molar-refractivity contribution in [2.24, 2.45) is 0 Å². The zero-order valence-electron chi connectivity index (χ0n) is 15.7. The fourth-order valence-electron chi connectivity index (χ4n) is 3.57. The van der Waals surface area contributed by atoms with Gasteiger partial charge in [0.05, 0.1) is 0 Å². The minimum atomic E-state index is -0.856. The molecule has 2 heterocycles. The smallest absolute Gasteiger partial charge is 0.310 e. The van der Waals surface area contributed by atoms with Gasteiger partial charge in [-0.1, -0.05) is 29.8 Å². The van der Waals surface area contributed by atoms with Crippen LogP contribution in [0.4, 0.5) is 5.69 Å². The molecule has 2 aromatic carbocycles. The molecule has 0 unspecified atom stereocenters. The SMILES string of the molecule is CN1C(=O)[C@H](NC(=O)C(=O)NCCc2c[nH]c3ccc(Cl)cc23)c2ccccc21. The van der Waals surface area contributed by atoms with Crippen molar-refractivity contribution in [3.05, 3.63) is 64.8 Å². The van der Waals surface area contributed by atoms with Crippen molar-refractivity contribution >= 4 is 45.9 Å². The van der Waals surface area contributed by atoms with E-state index >= 15 is 0 Å². The summed E-state index contributed by atoms with van der Waals surface area (Å²) >= 11 is 6.05. The summed E-state index contributed by atoms with van der Waals surface area (Å²) in [7, 11) is 1.64. The average Bonchev–Trinajstić information content (AvgIpc) is 3.22. The quantitative estimate of drug-likeness (QED) is 0.576. The molecular weight excluding hydrogens is 392 g/mol. The summed E-state index contributed by atoms with van der Waals surface area (Å²) in [6, 6.07) is 11.9. The molecule has 148 valence electrons. The van der Waals surface area contributed by atoms with Crippen LogP contribution in [0.1, 0.15) is 17.2 Å². The number of carbonyl (C=O) groups is 3. The average molecular weight is 411 g/mol. The van der Waals surface area contributed by atoms with Crippen LogP contribution >= 0.6 is 11.6 Å². The Morgan fingerprint density at radius 3 is 2.79 bits per heavy atom. The van der Waals surface area contributed by atoms with Crippen molar-refractivity contribution in [1.82, 2.24) is 15.6 Å². The Morgan fingerprint density at radius 2 is 1.97 bits per heavy atom. The van der Waals surface area contributed by atoms with Gasteiger partial charge in [0, 0.05) is 47.0 Å². The predicted octanol–water partition coefficient (Wildman–Crippen LogP) is 2.31. The first-order valence-electron chi connectivity index (χ1n) is 9.16. The van der Waals surface area contributed by atoms with Crippen LogP contribution < -0.4 is 15.5 Å². The Bertz CT molecular complexity index is 1120. The monoisotopic (exact) mass is 410 g/mol. The van der Waals surface area contributed by atoms with Crippen molar-refractivity contribution < 1.29 is 14.4 Å². The summed E-state index contributed by atoms with van der Waals surface area (Å²) < 4.78 is 0. The van der Waals surface area contributed by atoms with E-state index in [1.807, 2.05) is 24.4 Å². The van der Waals surface area contributed by atoms with E-state index in [1.54, 1.807) is 31.3 Å². The molecule has 0 fully saturated rings. The van der Waals surface area contributed by atoms with Gasteiger partial charge in [0.25, 0.3) is 5.91 Å². The highest BCUT2D eigenvalue weighted by atomic mass is 35.5. The van der Waals surface area contributed by atoms with Gasteiger partial charge in [-0.2, -0.15) is 0 Å². The van der Waals surface area contributed by atoms with E-state index in [2.05, 4.69) is 15.6 Å². The maximum absolute atomic E-state index is 12.4. The van der Waals surface area contributed by atoms with Crippen molar-refractivity contribution in [1.29, 1.82) is 0 Å². The molecule has 3 N–H and O–H groups in total. The summed E-state index contributed by atoms with van der Waals surface area (Å²) in [5, 5.41) is 6.74. The molecule has 1 aromatic heterocycles. The Kier molecular flexibility index (Phi) is 4.98. The fraction of sp³-hybridized carbons (Fsp3) is 0.190. The summed E-state index contributed by atoms with van der Waals surface area (Å²) in [5.41, 5.74) is 3.35. The number of hydrogen-bond donors (Lipinski definition) is 3. The van der Waals surface area contributed by atoms with Gasteiger partial charge in [-0.3, -0.25) is 14.4 Å². The van der Waals surface area contributed by atoms with E-state index in [0.717, 1.165) is 22.2 Å². The van der Waals surface area contributed by atoms with Gasteiger partial charge >= 0.3 is 11.8 Å². The van der Waals surface area contributed by atoms with Crippen molar-refractivity contribution in [3.63, 3.8) is 0 Å². The molecule has 0 aliphatic carbocycles. The topological polar surface area (TPSA) is 94.3 Å². The number of hydrogen-bond acceptors (Lipinski definition) is 3. The van der Waals surface area contributed by atoms with Gasteiger partial charge in [0.2, 0.25) is 0 Å². The zero-order chi connectivity index (χ0) is 20.5. The maximum atomic E-state index is 12.4. The van der Waals surface area contributed by atoms with Crippen LogP contribution in [-0.2, 0) is 20.8 Å². The first-order chi connectivity index (χ1) is 14.0. The summed E-state index contributed by atoms with van der Waals surface area (Å²) in [4.78, 5) is 41.5. The Hall–Kier alpha value is -3.32. The number of benzene rings is 2. The lowest BCUT2D eigenvalue weighted by atomic mass is 10.1. The van der Waals surface area contributed by atoms with Gasteiger partial charge < -0.3 is 20.5 Å². The highest BCUT2D eigenvalue weighted by molar-refractivity contribution is 6.35. The van der Waals surface area contributed by atoms with Crippen LogP contribution in [0.15, 0.2) is 48.7 Å². The second-order valence-electron chi connectivity index (χ2n) is 6.87. The second-order valence-corrected chi connectivity index (χ2v) is 7.31. The summed E-state index contributed by atoms with van der Waals surface area (Å²) in [6.45, 7) is 0.279. The van der Waals surface area contributed by atoms with E-state index < -0.39 is 17.9 Å². The molecule has 0 saturated heterocycles. The molecule has 1 aliphatic heterocycles. The first-order valence-corrected chi connectivity index (χ1v) is 9.54. The maximum Gasteiger partial charge on any atom is 0.310 e. The minimum absolute atomic E-state index is 0.275. The third kappa shape index (κ3) is 3.56. The van der Waals surface area contributed by atoms with E-state index in [-0.39, 0.29) is 12.5 Å². The second kappa shape index (κ2) is 7.60. The van der Waals surface area contributed by atoms with Gasteiger partial charge in [-0.05, 0) is 36.2 Å². The third-order valence-electron chi connectivity index (χ3n) is 5.08. The largest absolute Gasteiger partial charge is 0.361 e. The van der Waals surface area contributed by atoms with Crippen LogP contribution in [0.3, 0.4) is 0 Å². The normalized spacial score (nSPS) is 15.4. The number of anilines is 1. The molecule has 1 atom stereocenters. The number of carbonyl (C=O) groups excluding carboxylic acids is 3. The standard InChI is InChI=1S/C21H19ClN4O3/c1-26-17-5-3-2-4-14(17)18(21(26)29)25-20(28)19(27)23-9-8-12-11-24-16-7-6-13(22)10-15(12)16/h2-7,10-11,18,24H,8-9H2,1H3,(H,23,27)(H,25,28)/t18-/m1/s1. The number of likely N-dealkylation sites (N-methyl/N-ethyl adjacent to an activating group) is 1.